The van der Waals surface area contributed by atoms with E-state index in [2.05, 4.69) is 5.10 Å². The minimum absolute atomic E-state index is 0.00344. The van der Waals surface area contributed by atoms with Crippen molar-refractivity contribution in [2.45, 2.75) is 12.6 Å². The smallest absolute Gasteiger partial charge is 0.266 e. The molecule has 0 aliphatic rings. The Morgan fingerprint density at radius 1 is 1.08 bits per heavy atom. The third-order valence-electron chi connectivity index (χ3n) is 3.65. The molecule has 1 unspecified atom stereocenters. The fourth-order valence-electron chi connectivity index (χ4n) is 2.33. The van der Waals surface area contributed by atoms with Crippen LogP contribution in [0.2, 0.25) is 5.02 Å². The van der Waals surface area contributed by atoms with Gasteiger partial charge in [-0.05, 0) is 54.6 Å². The van der Waals surface area contributed by atoms with Crippen LogP contribution in [0.4, 0.5) is 4.39 Å². The Hall–Kier alpha value is -2.70. The van der Waals surface area contributed by atoms with Gasteiger partial charge in [-0.15, -0.1) is 0 Å². The Morgan fingerprint density at radius 2 is 1.77 bits per heavy atom. The lowest BCUT2D eigenvalue weighted by Crippen LogP contribution is -2.31. The van der Waals surface area contributed by atoms with Crippen molar-refractivity contribution >= 4 is 11.6 Å². The van der Waals surface area contributed by atoms with Crippen molar-refractivity contribution in [3.05, 3.63) is 81.9 Å². The summed E-state index contributed by atoms with van der Waals surface area (Å²) in [7, 11) is 0. The standard InChI is InChI=1S/C19H16ClFN2O3/c20-14-3-7-17(8-4-14)26-12-16(24)11-23-19(25)10-9-18(22-23)13-1-5-15(21)6-2-13/h1-10,16,24H,11-12H2. The van der Waals surface area contributed by atoms with E-state index in [1.54, 1.807) is 42.5 Å². The summed E-state index contributed by atoms with van der Waals surface area (Å²) in [5, 5.41) is 15.0. The number of ether oxygens (including phenoxy) is 1. The van der Waals surface area contributed by atoms with E-state index in [9.17, 15) is 14.3 Å². The monoisotopic (exact) mass is 374 g/mol. The minimum Gasteiger partial charge on any atom is -0.491 e. The average molecular weight is 375 g/mol. The first-order chi connectivity index (χ1) is 12.5. The van der Waals surface area contributed by atoms with Gasteiger partial charge >= 0.3 is 0 Å². The van der Waals surface area contributed by atoms with Crippen LogP contribution in [0.1, 0.15) is 0 Å². The molecule has 1 aromatic heterocycles. The quantitative estimate of drug-likeness (QED) is 0.720. The van der Waals surface area contributed by atoms with Crippen molar-refractivity contribution in [3.8, 4) is 17.0 Å². The van der Waals surface area contributed by atoms with Crippen LogP contribution < -0.4 is 10.3 Å². The van der Waals surface area contributed by atoms with Crippen LogP contribution in [-0.2, 0) is 6.54 Å². The number of aliphatic hydroxyl groups excluding tert-OH is 1. The number of benzene rings is 2. The first kappa shape index (κ1) is 18.1. The van der Waals surface area contributed by atoms with E-state index < -0.39 is 6.10 Å². The van der Waals surface area contributed by atoms with E-state index >= 15 is 0 Å². The Balaban J connectivity index is 1.68. The molecule has 7 heteroatoms. The summed E-state index contributed by atoms with van der Waals surface area (Å²) in [6, 6.07) is 15.5. The highest BCUT2D eigenvalue weighted by molar-refractivity contribution is 6.30. The summed E-state index contributed by atoms with van der Waals surface area (Å²) < 4.78 is 19.7. The van der Waals surface area contributed by atoms with Crippen molar-refractivity contribution in [1.29, 1.82) is 0 Å². The van der Waals surface area contributed by atoms with Crippen LogP contribution in [-0.4, -0.2) is 27.6 Å². The number of hydrogen-bond acceptors (Lipinski definition) is 4. The van der Waals surface area contributed by atoms with Crippen molar-refractivity contribution < 1.29 is 14.2 Å². The molecular formula is C19H16ClFN2O3. The van der Waals surface area contributed by atoms with Gasteiger partial charge in [-0.2, -0.15) is 5.10 Å². The highest BCUT2D eigenvalue weighted by Gasteiger charge is 2.10. The van der Waals surface area contributed by atoms with Crippen molar-refractivity contribution in [3.63, 3.8) is 0 Å². The summed E-state index contributed by atoms with van der Waals surface area (Å²) in [6.45, 7) is -0.0298. The first-order valence-corrected chi connectivity index (χ1v) is 8.29. The minimum atomic E-state index is -0.931. The molecule has 3 aromatic rings. The second-order valence-corrected chi connectivity index (χ2v) is 6.10. The summed E-state index contributed by atoms with van der Waals surface area (Å²) in [4.78, 5) is 12.0. The third kappa shape index (κ3) is 4.68. The van der Waals surface area contributed by atoms with Crippen LogP contribution in [0.25, 0.3) is 11.3 Å². The number of rotatable bonds is 6. The molecule has 0 aliphatic carbocycles. The van der Waals surface area contributed by atoms with Gasteiger partial charge in [-0.25, -0.2) is 9.07 Å². The molecule has 3 rings (SSSR count). The van der Waals surface area contributed by atoms with Crippen molar-refractivity contribution in [1.82, 2.24) is 9.78 Å². The lowest BCUT2D eigenvalue weighted by Gasteiger charge is -2.14. The summed E-state index contributed by atoms with van der Waals surface area (Å²) >= 11 is 5.80. The number of hydrogen-bond donors (Lipinski definition) is 1. The van der Waals surface area contributed by atoms with Gasteiger partial charge in [0.1, 0.15) is 24.3 Å². The van der Waals surface area contributed by atoms with Crippen LogP contribution >= 0.6 is 11.6 Å². The molecule has 0 spiro atoms. The van der Waals surface area contributed by atoms with Gasteiger partial charge in [0.25, 0.3) is 5.56 Å². The van der Waals surface area contributed by atoms with E-state index in [1.807, 2.05) is 0 Å². The Labute approximate surface area is 154 Å². The van der Waals surface area contributed by atoms with Gasteiger partial charge in [-0.3, -0.25) is 4.79 Å². The zero-order valence-corrected chi connectivity index (χ0v) is 14.4. The molecule has 0 radical (unpaired) electrons. The molecular weight excluding hydrogens is 359 g/mol. The predicted molar refractivity (Wildman–Crippen MR) is 96.8 cm³/mol. The molecule has 1 heterocycles. The molecule has 0 amide bonds. The third-order valence-corrected chi connectivity index (χ3v) is 3.90. The topological polar surface area (TPSA) is 64.4 Å². The SMILES string of the molecule is O=c1ccc(-c2ccc(F)cc2)nn1CC(O)COc1ccc(Cl)cc1. The van der Waals surface area contributed by atoms with E-state index in [4.69, 9.17) is 16.3 Å². The highest BCUT2D eigenvalue weighted by atomic mass is 35.5. The van der Waals surface area contributed by atoms with Crippen LogP contribution in [0.5, 0.6) is 5.75 Å². The second kappa shape index (κ2) is 8.12. The second-order valence-electron chi connectivity index (χ2n) is 5.66. The average Bonchev–Trinajstić information content (AvgIpc) is 2.64. The fourth-order valence-corrected chi connectivity index (χ4v) is 2.46. The molecule has 0 saturated heterocycles. The van der Waals surface area contributed by atoms with E-state index in [0.29, 0.717) is 22.0 Å². The largest absolute Gasteiger partial charge is 0.491 e. The highest BCUT2D eigenvalue weighted by Crippen LogP contribution is 2.17. The van der Waals surface area contributed by atoms with E-state index in [0.717, 1.165) is 4.68 Å². The van der Waals surface area contributed by atoms with Gasteiger partial charge < -0.3 is 9.84 Å². The van der Waals surface area contributed by atoms with Gasteiger partial charge in [0.2, 0.25) is 0 Å². The lowest BCUT2D eigenvalue weighted by atomic mass is 10.1. The molecule has 1 N–H and O–H groups in total. The van der Waals surface area contributed by atoms with Crippen LogP contribution in [0.3, 0.4) is 0 Å². The number of aromatic nitrogens is 2. The molecule has 2 aromatic carbocycles. The summed E-state index contributed by atoms with van der Waals surface area (Å²) in [5.74, 6) is 0.214. The van der Waals surface area contributed by atoms with E-state index in [1.165, 1.54) is 18.2 Å². The Bertz CT molecular complexity index is 927. The molecule has 1 atom stereocenters. The molecule has 26 heavy (non-hydrogen) atoms. The number of nitrogens with zero attached hydrogens (tertiary/aromatic N) is 2. The maximum absolute atomic E-state index is 13.0. The van der Waals surface area contributed by atoms with Gasteiger partial charge in [0, 0.05) is 16.7 Å². The maximum atomic E-state index is 13.0. The Kier molecular flexibility index (Phi) is 5.65. The summed E-state index contributed by atoms with van der Waals surface area (Å²) in [5.41, 5.74) is 0.837. The maximum Gasteiger partial charge on any atom is 0.266 e. The molecule has 0 aliphatic heterocycles. The first-order valence-electron chi connectivity index (χ1n) is 7.92. The fraction of sp³-hybridized carbons (Fsp3) is 0.158. The normalized spacial score (nSPS) is 12.0. The van der Waals surface area contributed by atoms with Gasteiger partial charge in [-0.1, -0.05) is 11.6 Å². The van der Waals surface area contributed by atoms with E-state index in [-0.39, 0.29) is 24.5 Å². The lowest BCUT2D eigenvalue weighted by molar-refractivity contribution is 0.0880. The van der Waals surface area contributed by atoms with Crippen LogP contribution in [0.15, 0.2) is 65.5 Å². The number of halogens is 2. The van der Waals surface area contributed by atoms with Crippen molar-refractivity contribution in [2.75, 3.05) is 6.61 Å². The van der Waals surface area contributed by atoms with Crippen LogP contribution in [0, 0.1) is 5.82 Å². The molecule has 134 valence electrons. The molecule has 5 nitrogen and oxygen atoms in total. The van der Waals surface area contributed by atoms with Crippen molar-refractivity contribution in [2.24, 2.45) is 0 Å². The van der Waals surface area contributed by atoms with Gasteiger partial charge in [0.05, 0.1) is 12.2 Å². The number of aliphatic hydroxyl groups is 1. The Morgan fingerprint density at radius 3 is 2.46 bits per heavy atom. The molecule has 0 bridgehead atoms. The summed E-state index contributed by atoms with van der Waals surface area (Å²) in [6.07, 6.45) is -0.931. The zero-order chi connectivity index (χ0) is 18.5. The molecule has 0 saturated carbocycles. The van der Waals surface area contributed by atoms with Gasteiger partial charge in [0.15, 0.2) is 0 Å². The predicted octanol–water partition coefficient (Wildman–Crippen LogP) is 3.14. The molecule has 0 fully saturated rings. The zero-order valence-electron chi connectivity index (χ0n) is 13.7.